The van der Waals surface area contributed by atoms with Gasteiger partial charge in [0.1, 0.15) is 5.75 Å². The second-order valence-corrected chi connectivity index (χ2v) is 9.73. The number of para-hydroxylation sites is 1. The lowest BCUT2D eigenvalue weighted by atomic mass is 10.2. The molecule has 34 heavy (non-hydrogen) atoms. The van der Waals surface area contributed by atoms with Crippen LogP contribution in [0.4, 0.5) is 11.4 Å². The standard InChI is InChI=1S/C28H28N2O3S/c31-27(30-18-17-20-7-1-5-11-25(20)30)19-34-26-12-6-4-10-24(26)28(32)29-21-13-15-23(16-14-21)33-22-8-2-3-9-22/h1,4-7,10-16,22H,2-3,8-9,17-19H2,(H,29,32). The molecule has 1 fully saturated rings. The number of hydrogen-bond donors (Lipinski definition) is 1. The SMILES string of the molecule is O=C(Nc1ccc(OC2CCCC2)cc1)c1ccccc1SCC(=O)N1CCc2ccccc21. The second-order valence-electron chi connectivity index (χ2n) is 8.71. The number of anilines is 2. The number of amides is 2. The highest BCUT2D eigenvalue weighted by Crippen LogP contribution is 2.30. The molecule has 0 radical (unpaired) electrons. The third-order valence-corrected chi connectivity index (χ3v) is 7.45. The number of carbonyl (C=O) groups excluding carboxylic acids is 2. The Kier molecular flexibility index (Phi) is 6.86. The molecule has 174 valence electrons. The van der Waals surface area contributed by atoms with Crippen LogP contribution in [0.3, 0.4) is 0 Å². The molecule has 0 atom stereocenters. The molecule has 2 amide bonds. The van der Waals surface area contributed by atoms with Crippen molar-refractivity contribution in [3.8, 4) is 5.75 Å². The fourth-order valence-corrected chi connectivity index (χ4v) is 5.53. The molecule has 0 aromatic heterocycles. The summed E-state index contributed by atoms with van der Waals surface area (Å²) < 4.78 is 6.01. The number of nitrogens with zero attached hydrogens (tertiary/aromatic N) is 1. The molecule has 0 spiro atoms. The topological polar surface area (TPSA) is 58.6 Å². The van der Waals surface area contributed by atoms with Crippen molar-refractivity contribution in [2.45, 2.75) is 43.1 Å². The number of ether oxygens (including phenoxy) is 1. The Morgan fingerprint density at radius 3 is 2.50 bits per heavy atom. The summed E-state index contributed by atoms with van der Waals surface area (Å²) in [4.78, 5) is 28.6. The highest BCUT2D eigenvalue weighted by atomic mass is 32.2. The number of fused-ring (bicyclic) bond motifs is 1. The van der Waals surface area contributed by atoms with Crippen LogP contribution in [-0.4, -0.2) is 30.2 Å². The highest BCUT2D eigenvalue weighted by Gasteiger charge is 2.24. The predicted octanol–water partition coefficient (Wildman–Crippen LogP) is 5.94. The quantitative estimate of drug-likeness (QED) is 0.432. The zero-order valence-corrected chi connectivity index (χ0v) is 19.9. The molecular weight excluding hydrogens is 444 g/mol. The molecule has 2 aliphatic rings. The fraction of sp³-hybridized carbons (Fsp3) is 0.286. The summed E-state index contributed by atoms with van der Waals surface area (Å²) in [6.07, 6.45) is 5.87. The van der Waals surface area contributed by atoms with Crippen LogP contribution in [0.2, 0.25) is 0 Å². The minimum Gasteiger partial charge on any atom is -0.490 e. The van der Waals surface area contributed by atoms with E-state index >= 15 is 0 Å². The van der Waals surface area contributed by atoms with Crippen molar-refractivity contribution < 1.29 is 14.3 Å². The summed E-state index contributed by atoms with van der Waals surface area (Å²) in [6, 6.07) is 23.0. The zero-order valence-electron chi connectivity index (χ0n) is 19.0. The Labute approximate surface area is 204 Å². The molecule has 1 aliphatic carbocycles. The molecule has 3 aromatic carbocycles. The first kappa shape index (κ1) is 22.5. The molecule has 0 bridgehead atoms. The van der Waals surface area contributed by atoms with Crippen LogP contribution in [0.1, 0.15) is 41.6 Å². The van der Waals surface area contributed by atoms with Gasteiger partial charge in [0.25, 0.3) is 5.91 Å². The van der Waals surface area contributed by atoms with Gasteiger partial charge in [0.05, 0.1) is 17.4 Å². The number of carbonyl (C=O) groups is 2. The Bertz CT molecular complexity index is 1170. The summed E-state index contributed by atoms with van der Waals surface area (Å²) >= 11 is 1.40. The molecule has 1 saturated carbocycles. The molecule has 5 nitrogen and oxygen atoms in total. The van der Waals surface area contributed by atoms with Crippen molar-refractivity contribution in [3.05, 3.63) is 83.9 Å². The summed E-state index contributed by atoms with van der Waals surface area (Å²) in [6.45, 7) is 0.710. The Hall–Kier alpha value is -3.25. The largest absolute Gasteiger partial charge is 0.490 e. The van der Waals surface area contributed by atoms with E-state index in [0.717, 1.165) is 35.6 Å². The lowest BCUT2D eigenvalue weighted by Crippen LogP contribution is -2.30. The maximum atomic E-state index is 13.0. The Morgan fingerprint density at radius 2 is 1.68 bits per heavy atom. The van der Waals surface area contributed by atoms with E-state index in [-0.39, 0.29) is 17.6 Å². The first-order chi connectivity index (χ1) is 16.7. The normalized spacial score (nSPS) is 15.2. The van der Waals surface area contributed by atoms with Gasteiger partial charge in [0.2, 0.25) is 5.91 Å². The number of benzene rings is 3. The molecule has 0 unspecified atom stereocenters. The van der Waals surface area contributed by atoms with E-state index in [2.05, 4.69) is 11.4 Å². The Morgan fingerprint density at radius 1 is 0.941 bits per heavy atom. The molecule has 1 heterocycles. The average Bonchev–Trinajstić information content (AvgIpc) is 3.54. The average molecular weight is 473 g/mol. The van der Waals surface area contributed by atoms with Crippen LogP contribution in [0, 0.1) is 0 Å². The van der Waals surface area contributed by atoms with Crippen molar-refractivity contribution in [2.75, 3.05) is 22.5 Å². The van der Waals surface area contributed by atoms with Gasteiger partial charge in [-0.15, -0.1) is 11.8 Å². The summed E-state index contributed by atoms with van der Waals surface area (Å²) in [5, 5.41) is 2.97. The van der Waals surface area contributed by atoms with E-state index in [4.69, 9.17) is 4.74 Å². The first-order valence-electron chi connectivity index (χ1n) is 11.9. The molecule has 0 saturated heterocycles. The fourth-order valence-electron chi connectivity index (χ4n) is 4.61. The summed E-state index contributed by atoms with van der Waals surface area (Å²) in [5.41, 5.74) is 3.49. The van der Waals surface area contributed by atoms with E-state index in [1.807, 2.05) is 65.6 Å². The van der Waals surface area contributed by atoms with E-state index in [0.29, 0.717) is 23.9 Å². The Balaban J connectivity index is 1.20. The van der Waals surface area contributed by atoms with Crippen LogP contribution in [0.15, 0.2) is 77.7 Å². The van der Waals surface area contributed by atoms with Gasteiger partial charge in [-0.2, -0.15) is 0 Å². The van der Waals surface area contributed by atoms with Crippen LogP contribution >= 0.6 is 11.8 Å². The predicted molar refractivity (Wildman–Crippen MR) is 137 cm³/mol. The van der Waals surface area contributed by atoms with Gasteiger partial charge in [0, 0.05) is 22.8 Å². The van der Waals surface area contributed by atoms with Gasteiger partial charge in [-0.25, -0.2) is 0 Å². The maximum absolute atomic E-state index is 13.0. The van der Waals surface area contributed by atoms with E-state index < -0.39 is 0 Å². The zero-order chi connectivity index (χ0) is 23.3. The molecule has 1 aliphatic heterocycles. The third kappa shape index (κ3) is 5.12. The summed E-state index contributed by atoms with van der Waals surface area (Å²) in [7, 11) is 0. The molecule has 3 aromatic rings. The number of rotatable bonds is 7. The second kappa shape index (κ2) is 10.3. The maximum Gasteiger partial charge on any atom is 0.256 e. The van der Waals surface area contributed by atoms with Crippen molar-refractivity contribution in [2.24, 2.45) is 0 Å². The van der Waals surface area contributed by atoms with Gasteiger partial charge in [-0.1, -0.05) is 30.3 Å². The minimum atomic E-state index is -0.188. The minimum absolute atomic E-state index is 0.0583. The van der Waals surface area contributed by atoms with Gasteiger partial charge in [-0.05, 0) is 80.1 Å². The van der Waals surface area contributed by atoms with Gasteiger partial charge >= 0.3 is 0 Å². The van der Waals surface area contributed by atoms with E-state index in [1.165, 1.54) is 30.2 Å². The van der Waals surface area contributed by atoms with Crippen molar-refractivity contribution in [3.63, 3.8) is 0 Å². The van der Waals surface area contributed by atoms with Crippen molar-refractivity contribution in [1.29, 1.82) is 0 Å². The van der Waals surface area contributed by atoms with Gasteiger partial charge < -0.3 is 15.0 Å². The number of nitrogens with one attached hydrogen (secondary N) is 1. The molecule has 1 N–H and O–H groups in total. The van der Waals surface area contributed by atoms with E-state index in [9.17, 15) is 9.59 Å². The first-order valence-corrected chi connectivity index (χ1v) is 12.8. The van der Waals surface area contributed by atoms with Gasteiger partial charge in [-0.3, -0.25) is 9.59 Å². The van der Waals surface area contributed by atoms with Crippen LogP contribution < -0.4 is 15.0 Å². The van der Waals surface area contributed by atoms with Crippen LogP contribution in [-0.2, 0) is 11.2 Å². The molecule has 5 rings (SSSR count). The lowest BCUT2D eigenvalue weighted by molar-refractivity contribution is -0.116. The van der Waals surface area contributed by atoms with Crippen LogP contribution in [0.5, 0.6) is 5.75 Å². The van der Waals surface area contributed by atoms with Crippen molar-refractivity contribution >= 4 is 35.0 Å². The third-order valence-electron chi connectivity index (χ3n) is 6.39. The van der Waals surface area contributed by atoms with Crippen molar-refractivity contribution in [1.82, 2.24) is 0 Å². The number of hydrogen-bond acceptors (Lipinski definition) is 4. The van der Waals surface area contributed by atoms with E-state index in [1.54, 1.807) is 6.07 Å². The molecular formula is C28H28N2O3S. The van der Waals surface area contributed by atoms with Gasteiger partial charge in [0.15, 0.2) is 0 Å². The molecule has 6 heteroatoms. The number of thioether (sulfide) groups is 1. The highest BCUT2D eigenvalue weighted by molar-refractivity contribution is 8.00. The smallest absolute Gasteiger partial charge is 0.256 e. The monoisotopic (exact) mass is 472 g/mol. The summed E-state index contributed by atoms with van der Waals surface area (Å²) in [5.74, 6) is 0.989. The lowest BCUT2D eigenvalue weighted by Gasteiger charge is -2.17. The van der Waals surface area contributed by atoms with Crippen LogP contribution in [0.25, 0.3) is 0 Å².